The molecule has 0 radical (unpaired) electrons. The Morgan fingerprint density at radius 3 is 2.08 bits per heavy atom. The fraction of sp³-hybridized carbons (Fsp3) is 0.956. The van der Waals surface area contributed by atoms with E-state index in [1.165, 1.54) is 12.5 Å². The van der Waals surface area contributed by atoms with Gasteiger partial charge in [-0.25, -0.2) is 0 Å². The number of allylic oxidation sites excluding steroid dienone is 1. The van der Waals surface area contributed by atoms with Crippen LogP contribution in [-0.2, 0) is 33.2 Å². The van der Waals surface area contributed by atoms with E-state index >= 15 is 0 Å². The lowest BCUT2D eigenvalue weighted by Crippen LogP contribution is -2.64. The van der Waals surface area contributed by atoms with Gasteiger partial charge in [-0.15, -0.1) is 0 Å². The predicted molar refractivity (Wildman–Crippen MR) is 219 cm³/mol. The summed E-state index contributed by atoms with van der Waals surface area (Å²) in [6.07, 6.45) is -13.9. The molecule has 19 nitrogen and oxygen atoms in total. The van der Waals surface area contributed by atoms with Crippen molar-refractivity contribution in [3.05, 3.63) is 11.6 Å². The summed E-state index contributed by atoms with van der Waals surface area (Å²) in [5.74, 6) is -1.74. The monoisotopic (exact) mass is 918 g/mol. The van der Waals surface area contributed by atoms with Crippen LogP contribution in [0.15, 0.2) is 11.6 Å². The van der Waals surface area contributed by atoms with E-state index in [9.17, 15) is 61.3 Å². The highest BCUT2D eigenvalue weighted by Crippen LogP contribution is 2.71. The summed E-state index contributed by atoms with van der Waals surface area (Å²) in [5.41, 5.74) is -0.562. The molecule has 0 aromatic carbocycles. The van der Waals surface area contributed by atoms with Crippen LogP contribution in [-0.4, -0.2) is 197 Å². The number of hydrogen-bond donors (Lipinski definition) is 12. The van der Waals surface area contributed by atoms with E-state index < -0.39 is 122 Å². The van der Waals surface area contributed by atoms with Gasteiger partial charge in [0.15, 0.2) is 24.7 Å². The topological polar surface area (TPSA) is 307 Å². The molecule has 7 fully saturated rings. The molecule has 4 aliphatic heterocycles. The van der Waals surface area contributed by atoms with E-state index in [-0.39, 0.29) is 53.8 Å². The van der Waals surface area contributed by atoms with Crippen LogP contribution in [0.4, 0.5) is 0 Å². The highest BCUT2D eigenvalue weighted by atomic mass is 16.7. The van der Waals surface area contributed by atoms with Gasteiger partial charge in [0, 0.05) is 30.1 Å². The van der Waals surface area contributed by atoms with Gasteiger partial charge in [-0.3, -0.25) is 0 Å². The zero-order chi connectivity index (χ0) is 46.4. The summed E-state index contributed by atoms with van der Waals surface area (Å²) >= 11 is 0. The van der Waals surface area contributed by atoms with E-state index in [0.717, 1.165) is 19.3 Å². The third kappa shape index (κ3) is 8.16. The first-order valence-corrected chi connectivity index (χ1v) is 23.5. The Hall–Kier alpha value is -1.02. The minimum Gasteiger partial charge on any atom is -0.394 e. The summed E-state index contributed by atoms with van der Waals surface area (Å²) in [4.78, 5) is 0. The molecule has 0 spiro atoms. The molecule has 8 rings (SSSR count). The Morgan fingerprint density at radius 2 is 1.38 bits per heavy atom. The fourth-order valence-corrected chi connectivity index (χ4v) is 13.5. The molecule has 0 aromatic rings. The van der Waals surface area contributed by atoms with Crippen LogP contribution in [0.2, 0.25) is 0 Å². The maximum absolute atomic E-state index is 13.0. The number of aliphatic hydroxyl groups is 12. The van der Waals surface area contributed by atoms with Crippen LogP contribution < -0.4 is 0 Å². The average Bonchev–Trinajstić information content (AvgIpc) is 3.65. The van der Waals surface area contributed by atoms with Crippen molar-refractivity contribution in [2.75, 3.05) is 19.8 Å². The minimum absolute atomic E-state index is 0.0357. The van der Waals surface area contributed by atoms with Gasteiger partial charge in [-0.05, 0) is 75.0 Å². The van der Waals surface area contributed by atoms with E-state index in [0.29, 0.717) is 38.5 Å². The lowest BCUT2D eigenvalue weighted by atomic mass is 9.45. The highest BCUT2D eigenvalue weighted by molar-refractivity contribution is 5.29. The molecule has 0 amide bonds. The third-order valence-electron chi connectivity index (χ3n) is 17.6. The molecule has 3 saturated carbocycles. The van der Waals surface area contributed by atoms with E-state index in [1.807, 2.05) is 13.8 Å². The molecule has 19 heteroatoms. The third-order valence-corrected chi connectivity index (χ3v) is 17.6. The molecule has 4 saturated heterocycles. The second-order valence-electron chi connectivity index (χ2n) is 21.2. The maximum atomic E-state index is 13.0. The molecule has 12 N–H and O–H groups in total. The van der Waals surface area contributed by atoms with Crippen molar-refractivity contribution >= 4 is 0 Å². The van der Waals surface area contributed by atoms with Gasteiger partial charge in [0.1, 0.15) is 67.1 Å². The molecular weight excluding hydrogens is 844 g/mol. The maximum Gasteiger partial charge on any atom is 0.187 e. The Labute approximate surface area is 373 Å². The zero-order valence-corrected chi connectivity index (χ0v) is 37.5. The molecular formula is C45H74O19. The standard InChI is InChI=1S/C45H74O19/c1-19(18-58-39-35(53)33(51)31(49)27(16-46)61-39)8-13-45(57)20(2)29-26(64-45)15-44(56)25-7-6-22-14-23(9-11-42(22,4)24(25)10-12-43(29,44)5)60-41-37(55)34(52)38(28(17-47)62-41)63-40-36(54)32(50)30(48)21(3)59-40/h6,19-21,23-41,46-57H,7-18H2,1-5H3/t19?,20-,21-,23-,24-,25+,26-,27+,28+,29-,30-,31+,32+,33-,34+,35+,36+,37+,38+,39+,40-,41+,42-,43+,44+,45?/m0/s1. The molecule has 0 aromatic heterocycles. The first-order valence-electron chi connectivity index (χ1n) is 23.5. The molecule has 368 valence electrons. The summed E-state index contributed by atoms with van der Waals surface area (Å²) in [7, 11) is 0. The van der Waals surface area contributed by atoms with Gasteiger partial charge >= 0.3 is 0 Å². The summed E-state index contributed by atoms with van der Waals surface area (Å²) in [6.45, 7) is 8.82. The molecule has 4 heterocycles. The molecule has 2 unspecified atom stereocenters. The van der Waals surface area contributed by atoms with Crippen molar-refractivity contribution in [2.45, 2.75) is 208 Å². The van der Waals surface area contributed by atoms with Gasteiger partial charge in [0.25, 0.3) is 0 Å². The number of hydrogen-bond acceptors (Lipinski definition) is 19. The molecule has 26 atom stereocenters. The predicted octanol–water partition coefficient (Wildman–Crippen LogP) is -1.72. The van der Waals surface area contributed by atoms with Gasteiger partial charge < -0.3 is 94.4 Å². The lowest BCUT2D eigenvalue weighted by molar-refractivity contribution is -0.360. The van der Waals surface area contributed by atoms with E-state index in [2.05, 4.69) is 19.9 Å². The Bertz CT molecular complexity index is 1650. The lowest BCUT2D eigenvalue weighted by Gasteiger charge is -2.61. The second-order valence-corrected chi connectivity index (χ2v) is 21.2. The Morgan fingerprint density at radius 1 is 0.734 bits per heavy atom. The summed E-state index contributed by atoms with van der Waals surface area (Å²) in [5, 5.41) is 128. The van der Waals surface area contributed by atoms with Crippen molar-refractivity contribution in [3.8, 4) is 0 Å². The van der Waals surface area contributed by atoms with Crippen molar-refractivity contribution in [1.29, 1.82) is 0 Å². The van der Waals surface area contributed by atoms with Crippen molar-refractivity contribution in [1.82, 2.24) is 0 Å². The quantitative estimate of drug-likeness (QED) is 0.0970. The highest BCUT2D eigenvalue weighted by Gasteiger charge is 2.74. The summed E-state index contributed by atoms with van der Waals surface area (Å²) in [6, 6.07) is 0. The van der Waals surface area contributed by atoms with Crippen LogP contribution in [0.1, 0.15) is 92.4 Å². The van der Waals surface area contributed by atoms with Crippen molar-refractivity contribution < 1.29 is 94.4 Å². The number of aliphatic hydroxyl groups excluding tert-OH is 10. The first kappa shape index (κ1) is 49.4. The smallest absolute Gasteiger partial charge is 0.187 e. The second kappa shape index (κ2) is 18.4. The first-order chi connectivity index (χ1) is 30.1. The van der Waals surface area contributed by atoms with Gasteiger partial charge in [0.2, 0.25) is 0 Å². The number of fused-ring (bicyclic) bond motifs is 7. The molecule has 8 aliphatic rings. The molecule has 4 aliphatic carbocycles. The van der Waals surface area contributed by atoms with E-state index in [4.69, 9.17) is 33.2 Å². The summed E-state index contributed by atoms with van der Waals surface area (Å²) < 4.78 is 41.4. The average molecular weight is 919 g/mol. The van der Waals surface area contributed by atoms with Crippen LogP contribution >= 0.6 is 0 Å². The van der Waals surface area contributed by atoms with Crippen LogP contribution in [0.25, 0.3) is 0 Å². The zero-order valence-electron chi connectivity index (χ0n) is 37.5. The normalized spacial score (nSPS) is 55.5. The fourth-order valence-electron chi connectivity index (χ4n) is 13.5. The molecule has 0 bridgehead atoms. The SMILES string of the molecule is CC(CCC1(O)O[C@H]2C[C@@]3(O)[C@@H]4CC=C5C[C@@H](O[C@@H]6O[C@H](CO)[C@@H](O[C@@H]7O[C@@H](C)[C@H](O)[C@@H](O)[C@H]7O)[C@H](O)[C@H]6O)CC[C@]5(C)[C@H]4CC[C@]3(C)[C@H]2[C@@H]1C)CO[C@@H]1O[C@H](CO)[C@@H](O)[C@H](O)[C@H]1O. The largest absolute Gasteiger partial charge is 0.394 e. The van der Waals surface area contributed by atoms with Crippen molar-refractivity contribution in [2.24, 2.45) is 40.4 Å². The minimum atomic E-state index is -1.66. The van der Waals surface area contributed by atoms with Crippen molar-refractivity contribution in [3.63, 3.8) is 0 Å². The van der Waals surface area contributed by atoms with Gasteiger partial charge in [-0.2, -0.15) is 0 Å². The van der Waals surface area contributed by atoms with Crippen LogP contribution in [0.3, 0.4) is 0 Å². The Kier molecular flexibility index (Phi) is 14.2. The molecule has 64 heavy (non-hydrogen) atoms. The number of rotatable bonds is 12. The van der Waals surface area contributed by atoms with E-state index in [1.54, 1.807) is 0 Å². The number of ether oxygens (including phenoxy) is 7. The van der Waals surface area contributed by atoms with Gasteiger partial charge in [-0.1, -0.05) is 39.3 Å². The van der Waals surface area contributed by atoms with Crippen LogP contribution in [0, 0.1) is 40.4 Å². The van der Waals surface area contributed by atoms with Crippen LogP contribution in [0.5, 0.6) is 0 Å². The van der Waals surface area contributed by atoms with Gasteiger partial charge in [0.05, 0.1) is 43.7 Å². The Balaban J connectivity index is 0.869.